The second-order valence-corrected chi connectivity index (χ2v) is 4.20. The molecule has 0 radical (unpaired) electrons. The molecule has 0 aliphatic rings. The molecule has 0 atom stereocenters. The molecule has 2 aromatic rings. The molecule has 0 spiro atoms. The molecule has 0 saturated heterocycles. The second kappa shape index (κ2) is 4.94. The summed E-state index contributed by atoms with van der Waals surface area (Å²) in [5, 5.41) is 11.0. The second-order valence-electron chi connectivity index (χ2n) is 3.29. The van der Waals surface area contributed by atoms with Gasteiger partial charge in [-0.3, -0.25) is 10.5 Å². The van der Waals surface area contributed by atoms with Crippen molar-refractivity contribution in [3.8, 4) is 0 Å². The third-order valence-corrected chi connectivity index (χ3v) is 2.62. The quantitative estimate of drug-likeness (QED) is 0.670. The lowest BCUT2D eigenvalue weighted by Crippen LogP contribution is -2.00. The van der Waals surface area contributed by atoms with Crippen LogP contribution in [-0.2, 0) is 0 Å². The zero-order valence-electron chi connectivity index (χ0n) is 8.74. The summed E-state index contributed by atoms with van der Waals surface area (Å²) in [5.74, 6) is 0. The number of benzene rings is 1. The minimum atomic E-state index is 0.861. The van der Waals surface area contributed by atoms with Crippen LogP contribution in [0.25, 0.3) is 0 Å². The first-order valence-electron chi connectivity index (χ1n) is 4.81. The third-order valence-electron chi connectivity index (χ3n) is 2.09. The highest BCUT2D eigenvalue weighted by atomic mass is 79.9. The van der Waals surface area contributed by atoms with E-state index in [1.807, 2.05) is 37.3 Å². The van der Waals surface area contributed by atoms with E-state index in [9.17, 15) is 0 Å². The average Bonchev–Trinajstić information content (AvgIpc) is 2.81. The fourth-order valence-corrected chi connectivity index (χ4v) is 1.45. The van der Waals surface area contributed by atoms with Crippen LogP contribution in [-0.4, -0.2) is 15.9 Å². The number of halogens is 1. The van der Waals surface area contributed by atoms with E-state index in [4.69, 9.17) is 0 Å². The zero-order valence-corrected chi connectivity index (χ0v) is 10.3. The molecule has 0 fully saturated rings. The number of anilines is 1. The van der Waals surface area contributed by atoms with Crippen molar-refractivity contribution in [3.05, 3.63) is 46.7 Å². The van der Waals surface area contributed by atoms with Crippen molar-refractivity contribution < 1.29 is 0 Å². The van der Waals surface area contributed by atoms with Crippen molar-refractivity contribution in [2.45, 2.75) is 6.92 Å². The van der Waals surface area contributed by atoms with Crippen molar-refractivity contribution in [2.75, 3.05) is 5.43 Å². The Morgan fingerprint density at radius 3 is 2.69 bits per heavy atom. The number of aromatic nitrogens is 2. The van der Waals surface area contributed by atoms with Gasteiger partial charge in [0.1, 0.15) is 0 Å². The van der Waals surface area contributed by atoms with E-state index in [1.165, 1.54) is 0 Å². The van der Waals surface area contributed by atoms with Gasteiger partial charge >= 0.3 is 0 Å². The summed E-state index contributed by atoms with van der Waals surface area (Å²) in [5.41, 5.74) is 5.69. The Hall–Kier alpha value is -1.62. The van der Waals surface area contributed by atoms with Crippen LogP contribution in [0.15, 0.2) is 46.1 Å². The standard InChI is InChI=1S/C11H11BrN4/c1-8(11-6-7-13-16-11)14-15-10-4-2-9(12)3-5-10/h2-7,15H,1H3,(H,13,16)/b14-8+. The maximum Gasteiger partial charge on any atom is 0.0826 e. The zero-order chi connectivity index (χ0) is 11.4. The van der Waals surface area contributed by atoms with Crippen LogP contribution in [0.4, 0.5) is 5.69 Å². The SMILES string of the molecule is C/C(=N\Nc1ccc(Br)cc1)c1ccn[nH]1. The molecule has 5 heteroatoms. The van der Waals surface area contributed by atoms with Gasteiger partial charge in [-0.1, -0.05) is 15.9 Å². The summed E-state index contributed by atoms with van der Waals surface area (Å²) in [4.78, 5) is 0. The average molecular weight is 279 g/mol. The van der Waals surface area contributed by atoms with E-state index in [0.29, 0.717) is 0 Å². The Labute approximate surface area is 102 Å². The van der Waals surface area contributed by atoms with E-state index < -0.39 is 0 Å². The topological polar surface area (TPSA) is 53.1 Å². The third kappa shape index (κ3) is 2.70. The Balaban J connectivity index is 2.06. The highest BCUT2D eigenvalue weighted by Gasteiger charge is 1.97. The van der Waals surface area contributed by atoms with Crippen LogP contribution in [0.1, 0.15) is 12.6 Å². The van der Waals surface area contributed by atoms with Crippen LogP contribution in [0.2, 0.25) is 0 Å². The highest BCUT2D eigenvalue weighted by Crippen LogP contribution is 2.14. The molecule has 4 nitrogen and oxygen atoms in total. The largest absolute Gasteiger partial charge is 0.278 e. The van der Waals surface area contributed by atoms with Crippen LogP contribution >= 0.6 is 15.9 Å². The maximum atomic E-state index is 4.25. The van der Waals surface area contributed by atoms with Crippen molar-refractivity contribution in [1.82, 2.24) is 10.2 Å². The van der Waals surface area contributed by atoms with Gasteiger partial charge < -0.3 is 0 Å². The number of hydrazone groups is 1. The number of hydrogen-bond donors (Lipinski definition) is 2. The smallest absolute Gasteiger partial charge is 0.0826 e. The van der Waals surface area contributed by atoms with Gasteiger partial charge in [0.05, 0.1) is 17.1 Å². The van der Waals surface area contributed by atoms with Gasteiger partial charge in [0, 0.05) is 10.7 Å². The summed E-state index contributed by atoms with van der Waals surface area (Å²) >= 11 is 3.38. The fraction of sp³-hybridized carbons (Fsp3) is 0.0909. The Kier molecular flexibility index (Phi) is 3.36. The van der Waals surface area contributed by atoms with Crippen LogP contribution in [0.3, 0.4) is 0 Å². The van der Waals surface area contributed by atoms with Crippen molar-refractivity contribution in [2.24, 2.45) is 5.10 Å². The molecule has 0 saturated carbocycles. The Bertz CT molecular complexity index is 473. The normalized spacial score (nSPS) is 11.5. The molecule has 1 aromatic carbocycles. The molecule has 0 amide bonds. The predicted octanol–water partition coefficient (Wildman–Crippen LogP) is 3.01. The molecule has 2 N–H and O–H groups in total. The van der Waals surface area contributed by atoms with Gasteiger partial charge in [-0.25, -0.2) is 0 Å². The molecule has 1 aromatic heterocycles. The number of aromatic amines is 1. The highest BCUT2D eigenvalue weighted by molar-refractivity contribution is 9.10. The molecule has 1 heterocycles. The van der Waals surface area contributed by atoms with E-state index in [0.717, 1.165) is 21.6 Å². The van der Waals surface area contributed by atoms with Crippen LogP contribution in [0, 0.1) is 0 Å². The lowest BCUT2D eigenvalue weighted by Gasteiger charge is -2.01. The van der Waals surface area contributed by atoms with Crippen LogP contribution < -0.4 is 5.43 Å². The summed E-state index contributed by atoms with van der Waals surface area (Å²) in [6.07, 6.45) is 1.70. The molecule has 0 aliphatic carbocycles. The lowest BCUT2D eigenvalue weighted by atomic mass is 10.3. The first kappa shape index (κ1) is 10.9. The molecular weight excluding hydrogens is 268 g/mol. The fourth-order valence-electron chi connectivity index (χ4n) is 1.19. The monoisotopic (exact) mass is 278 g/mol. The minimum absolute atomic E-state index is 0.861. The summed E-state index contributed by atoms with van der Waals surface area (Å²) in [6, 6.07) is 9.70. The first-order chi connectivity index (χ1) is 7.75. The number of H-pyrrole nitrogens is 1. The van der Waals surface area contributed by atoms with Crippen molar-refractivity contribution in [1.29, 1.82) is 0 Å². The summed E-state index contributed by atoms with van der Waals surface area (Å²) in [7, 11) is 0. The van der Waals surface area contributed by atoms with Crippen molar-refractivity contribution in [3.63, 3.8) is 0 Å². The molecule has 0 bridgehead atoms. The minimum Gasteiger partial charge on any atom is -0.278 e. The van der Waals surface area contributed by atoms with Crippen molar-refractivity contribution >= 4 is 27.3 Å². The number of nitrogens with one attached hydrogen (secondary N) is 2. The Morgan fingerprint density at radius 1 is 1.31 bits per heavy atom. The summed E-state index contributed by atoms with van der Waals surface area (Å²) < 4.78 is 1.05. The van der Waals surface area contributed by atoms with E-state index >= 15 is 0 Å². The maximum absolute atomic E-state index is 4.25. The predicted molar refractivity (Wildman–Crippen MR) is 68.6 cm³/mol. The molecule has 0 aliphatic heterocycles. The van der Waals surface area contributed by atoms with E-state index in [2.05, 4.69) is 36.7 Å². The number of hydrogen-bond acceptors (Lipinski definition) is 3. The lowest BCUT2D eigenvalue weighted by molar-refractivity contribution is 1.08. The van der Waals surface area contributed by atoms with Gasteiger partial charge in [0.2, 0.25) is 0 Å². The van der Waals surface area contributed by atoms with Crippen LogP contribution in [0.5, 0.6) is 0 Å². The first-order valence-corrected chi connectivity index (χ1v) is 5.60. The molecule has 82 valence electrons. The molecule has 0 unspecified atom stereocenters. The van der Waals surface area contributed by atoms with Gasteiger partial charge in [-0.15, -0.1) is 0 Å². The van der Waals surface area contributed by atoms with Gasteiger partial charge in [0.25, 0.3) is 0 Å². The van der Waals surface area contributed by atoms with Gasteiger partial charge in [-0.05, 0) is 37.3 Å². The van der Waals surface area contributed by atoms with E-state index in [1.54, 1.807) is 6.20 Å². The molecule has 16 heavy (non-hydrogen) atoms. The molecule has 2 rings (SSSR count). The van der Waals surface area contributed by atoms with Gasteiger partial charge in [0.15, 0.2) is 0 Å². The Morgan fingerprint density at radius 2 is 2.06 bits per heavy atom. The summed E-state index contributed by atoms with van der Waals surface area (Å²) in [6.45, 7) is 1.92. The molecular formula is C11H11BrN4. The number of rotatable bonds is 3. The number of nitrogens with zero attached hydrogens (tertiary/aromatic N) is 2. The van der Waals surface area contributed by atoms with E-state index in [-0.39, 0.29) is 0 Å². The van der Waals surface area contributed by atoms with Gasteiger partial charge in [-0.2, -0.15) is 10.2 Å².